The highest BCUT2D eigenvalue weighted by Gasteiger charge is 2.31. The fourth-order valence-corrected chi connectivity index (χ4v) is 1.82. The van der Waals surface area contributed by atoms with Gasteiger partial charge in [0.2, 0.25) is 0 Å². The zero-order valence-electron chi connectivity index (χ0n) is 9.95. The second-order valence-electron chi connectivity index (χ2n) is 4.64. The summed E-state index contributed by atoms with van der Waals surface area (Å²) in [5.41, 5.74) is 1.36. The van der Waals surface area contributed by atoms with E-state index in [1.165, 1.54) is 5.57 Å². The van der Waals surface area contributed by atoms with Gasteiger partial charge in [0.05, 0.1) is 0 Å². The minimum absolute atomic E-state index is 0.110. The first-order chi connectivity index (χ1) is 7.00. The molecule has 82 valence electrons. The van der Waals surface area contributed by atoms with Crippen LogP contribution >= 0.6 is 0 Å². The SMILES string of the molecule is C=C/C=C1/CCN(C(C)(C)C)C1=NC=C. The Balaban J connectivity index is 3.05. The van der Waals surface area contributed by atoms with Gasteiger partial charge in [-0.2, -0.15) is 0 Å². The van der Waals surface area contributed by atoms with Crippen molar-refractivity contribution in [2.24, 2.45) is 4.99 Å². The highest BCUT2D eigenvalue weighted by Crippen LogP contribution is 2.26. The third-order valence-electron chi connectivity index (χ3n) is 2.49. The van der Waals surface area contributed by atoms with Gasteiger partial charge in [-0.3, -0.25) is 0 Å². The van der Waals surface area contributed by atoms with Crippen LogP contribution in [0.4, 0.5) is 0 Å². The van der Waals surface area contributed by atoms with Crippen LogP contribution in [0.15, 0.2) is 42.1 Å². The van der Waals surface area contributed by atoms with E-state index in [1.54, 1.807) is 6.20 Å². The maximum Gasteiger partial charge on any atom is 0.132 e. The van der Waals surface area contributed by atoms with Gasteiger partial charge in [-0.05, 0) is 32.8 Å². The van der Waals surface area contributed by atoms with E-state index in [1.807, 2.05) is 12.2 Å². The second-order valence-corrected chi connectivity index (χ2v) is 4.64. The Morgan fingerprint density at radius 2 is 2.00 bits per heavy atom. The van der Waals surface area contributed by atoms with E-state index in [-0.39, 0.29) is 5.54 Å². The Morgan fingerprint density at radius 1 is 1.33 bits per heavy atom. The van der Waals surface area contributed by atoms with Crippen molar-refractivity contribution < 1.29 is 0 Å². The van der Waals surface area contributed by atoms with E-state index < -0.39 is 0 Å². The molecule has 0 bridgehead atoms. The summed E-state index contributed by atoms with van der Waals surface area (Å²) in [5, 5.41) is 0. The lowest BCUT2D eigenvalue weighted by Gasteiger charge is -2.33. The van der Waals surface area contributed by atoms with Crippen molar-refractivity contribution in [2.75, 3.05) is 6.54 Å². The summed E-state index contributed by atoms with van der Waals surface area (Å²) in [6, 6.07) is 0. The molecule has 1 rings (SSSR count). The van der Waals surface area contributed by atoms with E-state index in [0.717, 1.165) is 18.8 Å². The van der Waals surface area contributed by atoms with Gasteiger partial charge in [-0.1, -0.05) is 25.3 Å². The highest BCUT2D eigenvalue weighted by molar-refractivity contribution is 6.01. The largest absolute Gasteiger partial charge is 0.351 e. The molecule has 0 aliphatic carbocycles. The summed E-state index contributed by atoms with van der Waals surface area (Å²) >= 11 is 0. The second kappa shape index (κ2) is 4.47. The first kappa shape index (κ1) is 11.8. The summed E-state index contributed by atoms with van der Waals surface area (Å²) in [5.74, 6) is 1.04. The Labute approximate surface area is 92.7 Å². The van der Waals surface area contributed by atoms with Crippen LogP contribution in [0.3, 0.4) is 0 Å². The van der Waals surface area contributed by atoms with Crippen LogP contribution in [0.1, 0.15) is 27.2 Å². The summed E-state index contributed by atoms with van der Waals surface area (Å²) in [6.07, 6.45) is 6.50. The molecule has 0 atom stereocenters. The van der Waals surface area contributed by atoms with Crippen LogP contribution in [-0.4, -0.2) is 22.8 Å². The Bertz CT molecular complexity index is 316. The van der Waals surface area contributed by atoms with Crippen molar-refractivity contribution in [3.8, 4) is 0 Å². The van der Waals surface area contributed by atoms with Crippen molar-refractivity contribution in [1.82, 2.24) is 4.90 Å². The van der Waals surface area contributed by atoms with Crippen LogP contribution in [0.5, 0.6) is 0 Å². The minimum Gasteiger partial charge on any atom is -0.351 e. The molecular weight excluding hydrogens is 184 g/mol. The number of allylic oxidation sites excluding steroid dienone is 2. The smallest absolute Gasteiger partial charge is 0.132 e. The molecule has 0 aromatic heterocycles. The summed E-state index contributed by atoms with van der Waals surface area (Å²) in [4.78, 5) is 6.67. The third-order valence-corrected chi connectivity index (χ3v) is 2.49. The van der Waals surface area contributed by atoms with E-state index in [9.17, 15) is 0 Å². The van der Waals surface area contributed by atoms with Crippen molar-refractivity contribution in [2.45, 2.75) is 32.7 Å². The number of aliphatic imine (C=N–C) groups is 1. The van der Waals surface area contributed by atoms with Crippen molar-refractivity contribution in [1.29, 1.82) is 0 Å². The van der Waals surface area contributed by atoms with Gasteiger partial charge in [-0.15, -0.1) is 0 Å². The Kier molecular flexibility index (Phi) is 3.51. The first-order valence-corrected chi connectivity index (χ1v) is 5.29. The van der Waals surface area contributed by atoms with Crippen LogP contribution in [-0.2, 0) is 0 Å². The van der Waals surface area contributed by atoms with Crippen LogP contribution < -0.4 is 0 Å². The third kappa shape index (κ3) is 2.58. The molecule has 0 N–H and O–H groups in total. The lowest BCUT2D eigenvalue weighted by molar-refractivity contribution is 0.256. The zero-order valence-corrected chi connectivity index (χ0v) is 9.95. The van der Waals surface area contributed by atoms with E-state index in [4.69, 9.17) is 0 Å². The molecule has 1 fully saturated rings. The van der Waals surface area contributed by atoms with Crippen molar-refractivity contribution >= 4 is 5.84 Å². The number of amidine groups is 1. The Morgan fingerprint density at radius 3 is 2.47 bits per heavy atom. The van der Waals surface area contributed by atoms with Gasteiger partial charge < -0.3 is 4.90 Å². The topological polar surface area (TPSA) is 15.6 Å². The number of rotatable bonds is 2. The maximum atomic E-state index is 4.36. The standard InChI is InChI=1S/C13H20N2/c1-6-8-11-9-10-15(13(3,4)5)12(11)14-7-2/h6-8H,1-2,9-10H2,3-5H3/b11-8-,14-12?. The summed E-state index contributed by atoms with van der Waals surface area (Å²) < 4.78 is 0. The van der Waals surface area contributed by atoms with Crippen LogP contribution in [0.2, 0.25) is 0 Å². The molecule has 0 spiro atoms. The molecule has 15 heavy (non-hydrogen) atoms. The highest BCUT2D eigenvalue weighted by atomic mass is 15.3. The van der Waals surface area contributed by atoms with E-state index in [2.05, 4.69) is 43.8 Å². The molecule has 2 heteroatoms. The first-order valence-electron chi connectivity index (χ1n) is 5.29. The summed E-state index contributed by atoms with van der Waals surface area (Å²) in [6.45, 7) is 15.0. The lowest BCUT2D eigenvalue weighted by atomic mass is 10.1. The number of likely N-dealkylation sites (tertiary alicyclic amines) is 1. The fourth-order valence-electron chi connectivity index (χ4n) is 1.82. The van der Waals surface area contributed by atoms with Crippen LogP contribution in [0, 0.1) is 0 Å². The van der Waals surface area contributed by atoms with Gasteiger partial charge in [0, 0.05) is 18.3 Å². The van der Waals surface area contributed by atoms with Gasteiger partial charge in [0.25, 0.3) is 0 Å². The lowest BCUT2D eigenvalue weighted by Crippen LogP contribution is -2.42. The number of nitrogens with zero attached hydrogens (tertiary/aromatic N) is 2. The van der Waals surface area contributed by atoms with Crippen LogP contribution in [0.25, 0.3) is 0 Å². The number of hydrogen-bond donors (Lipinski definition) is 0. The molecule has 1 saturated heterocycles. The van der Waals surface area contributed by atoms with Gasteiger partial charge in [0.1, 0.15) is 5.84 Å². The molecule has 2 nitrogen and oxygen atoms in total. The molecule has 0 saturated carbocycles. The molecular formula is C13H20N2. The van der Waals surface area contributed by atoms with E-state index in [0.29, 0.717) is 0 Å². The summed E-state index contributed by atoms with van der Waals surface area (Å²) in [7, 11) is 0. The minimum atomic E-state index is 0.110. The molecule has 0 aromatic rings. The predicted octanol–water partition coefficient (Wildman–Crippen LogP) is 3.15. The zero-order chi connectivity index (χ0) is 11.5. The molecule has 0 radical (unpaired) electrons. The van der Waals surface area contributed by atoms with E-state index >= 15 is 0 Å². The normalized spacial score (nSPS) is 22.5. The number of hydrogen-bond acceptors (Lipinski definition) is 1. The molecule has 0 aromatic carbocycles. The molecule has 1 aliphatic heterocycles. The molecule has 0 unspecified atom stereocenters. The van der Waals surface area contributed by atoms with Crippen molar-refractivity contribution in [3.63, 3.8) is 0 Å². The quantitative estimate of drug-likeness (QED) is 0.674. The average molecular weight is 204 g/mol. The fraction of sp³-hybridized carbons (Fsp3) is 0.462. The van der Waals surface area contributed by atoms with Gasteiger partial charge >= 0.3 is 0 Å². The Hall–Kier alpha value is -1.31. The predicted molar refractivity (Wildman–Crippen MR) is 67.0 cm³/mol. The van der Waals surface area contributed by atoms with Gasteiger partial charge in [0.15, 0.2) is 0 Å². The molecule has 0 amide bonds. The average Bonchev–Trinajstić information content (AvgIpc) is 2.49. The maximum absolute atomic E-state index is 4.36. The van der Waals surface area contributed by atoms with Gasteiger partial charge in [-0.25, -0.2) is 4.99 Å². The molecule has 1 heterocycles. The monoisotopic (exact) mass is 204 g/mol. The molecule has 1 aliphatic rings. The van der Waals surface area contributed by atoms with Crippen molar-refractivity contribution in [3.05, 3.63) is 37.1 Å².